The van der Waals surface area contributed by atoms with Crippen molar-refractivity contribution >= 4 is 22.9 Å². The van der Waals surface area contributed by atoms with Crippen LogP contribution in [0, 0.1) is 11.3 Å². The predicted octanol–water partition coefficient (Wildman–Crippen LogP) is 5.72. The van der Waals surface area contributed by atoms with Gasteiger partial charge in [-0.2, -0.15) is 31.6 Å². The molecule has 0 unspecified atom stereocenters. The van der Waals surface area contributed by atoms with Gasteiger partial charge in [-0.25, -0.2) is 4.79 Å². The average molecular weight is 438 g/mol. The lowest BCUT2D eigenvalue weighted by molar-refractivity contribution is -0.143. The number of fused-ring (bicyclic) bond motifs is 1. The van der Waals surface area contributed by atoms with E-state index in [4.69, 9.17) is 10.4 Å². The zero-order valence-electron chi connectivity index (χ0n) is 15.4. The van der Waals surface area contributed by atoms with E-state index in [0.717, 1.165) is 6.08 Å². The fourth-order valence-corrected chi connectivity index (χ4v) is 3.13. The summed E-state index contributed by atoms with van der Waals surface area (Å²) in [5, 5.41) is 18.5. The number of para-hydroxylation sites is 1. The highest BCUT2D eigenvalue weighted by Crippen LogP contribution is 2.37. The number of hydrogen-bond donors (Lipinski definition) is 1. The van der Waals surface area contributed by atoms with Gasteiger partial charge in [0.05, 0.1) is 11.1 Å². The Bertz CT molecular complexity index is 1200. The largest absolute Gasteiger partial charge is 0.477 e. The molecule has 0 radical (unpaired) electrons. The third-order valence-electron chi connectivity index (χ3n) is 4.47. The van der Waals surface area contributed by atoms with E-state index in [2.05, 4.69) is 0 Å². The number of alkyl halides is 6. The van der Waals surface area contributed by atoms with Crippen LogP contribution >= 0.6 is 0 Å². The minimum atomic E-state index is -4.97. The van der Waals surface area contributed by atoms with E-state index in [-0.39, 0.29) is 23.7 Å². The van der Waals surface area contributed by atoms with Crippen molar-refractivity contribution in [3.8, 4) is 6.07 Å². The predicted molar refractivity (Wildman–Crippen MR) is 98.7 cm³/mol. The molecule has 0 atom stereocenters. The molecular formula is C21H12F6N2O2. The zero-order valence-corrected chi connectivity index (χ0v) is 15.4. The first-order valence-electron chi connectivity index (χ1n) is 8.61. The number of rotatable bonds is 4. The number of halogens is 6. The molecule has 0 spiro atoms. The lowest BCUT2D eigenvalue weighted by Crippen LogP contribution is -2.12. The fraction of sp³-hybridized carbons (Fsp3) is 0.143. The summed E-state index contributed by atoms with van der Waals surface area (Å²) in [6.45, 7) is -0.337. The first kappa shape index (κ1) is 22.0. The van der Waals surface area contributed by atoms with Gasteiger partial charge in [-0.05, 0) is 35.9 Å². The van der Waals surface area contributed by atoms with Crippen molar-refractivity contribution in [1.29, 1.82) is 5.26 Å². The number of carbonyl (C=O) groups is 1. The van der Waals surface area contributed by atoms with Crippen molar-refractivity contribution in [2.75, 3.05) is 0 Å². The molecule has 4 nitrogen and oxygen atoms in total. The highest BCUT2D eigenvalue weighted by Gasteiger charge is 2.36. The summed E-state index contributed by atoms with van der Waals surface area (Å²) in [7, 11) is 0. The van der Waals surface area contributed by atoms with Crippen LogP contribution in [0.4, 0.5) is 26.3 Å². The molecule has 0 aliphatic carbocycles. The van der Waals surface area contributed by atoms with Gasteiger partial charge in [0.15, 0.2) is 0 Å². The second kappa shape index (κ2) is 7.83. The van der Waals surface area contributed by atoms with Crippen molar-refractivity contribution in [3.05, 3.63) is 76.5 Å². The third-order valence-corrected chi connectivity index (χ3v) is 4.47. The Morgan fingerprint density at radius 1 is 1.03 bits per heavy atom. The summed E-state index contributed by atoms with van der Waals surface area (Å²) in [6.07, 6.45) is -7.47. The Labute approximate surface area is 171 Å². The third kappa shape index (κ3) is 4.71. The molecule has 2 aromatic carbocycles. The first-order chi connectivity index (χ1) is 14.4. The van der Waals surface area contributed by atoms with E-state index in [1.165, 1.54) is 16.8 Å². The van der Waals surface area contributed by atoms with E-state index in [1.807, 2.05) is 0 Å². The van der Waals surface area contributed by atoms with Crippen LogP contribution in [-0.4, -0.2) is 15.6 Å². The van der Waals surface area contributed by atoms with E-state index in [9.17, 15) is 31.1 Å². The maximum Gasteiger partial charge on any atom is 0.416 e. The smallest absolute Gasteiger partial charge is 0.416 e. The molecule has 0 amide bonds. The maximum absolute atomic E-state index is 13.1. The van der Waals surface area contributed by atoms with Gasteiger partial charge in [0.25, 0.3) is 0 Å². The average Bonchev–Trinajstić information content (AvgIpc) is 3.01. The van der Waals surface area contributed by atoms with E-state index < -0.39 is 35.0 Å². The number of benzene rings is 2. The number of nitrogens with zero attached hydrogens (tertiary/aromatic N) is 2. The number of carboxylic acid groups (broad SMARTS) is 1. The van der Waals surface area contributed by atoms with Gasteiger partial charge in [-0.3, -0.25) is 0 Å². The Kier molecular flexibility index (Phi) is 5.55. The quantitative estimate of drug-likeness (QED) is 0.322. The molecule has 0 aliphatic heterocycles. The molecule has 0 bridgehead atoms. The van der Waals surface area contributed by atoms with Crippen molar-refractivity contribution in [2.24, 2.45) is 0 Å². The molecule has 1 heterocycles. The highest BCUT2D eigenvalue weighted by atomic mass is 19.4. The topological polar surface area (TPSA) is 66.0 Å². The summed E-state index contributed by atoms with van der Waals surface area (Å²) in [6, 6.07) is 9.27. The first-order valence-corrected chi connectivity index (χ1v) is 8.61. The molecule has 0 saturated carbocycles. The van der Waals surface area contributed by atoms with Gasteiger partial charge in [0, 0.05) is 29.2 Å². The molecule has 31 heavy (non-hydrogen) atoms. The van der Waals surface area contributed by atoms with Crippen molar-refractivity contribution in [1.82, 2.24) is 4.57 Å². The molecular weight excluding hydrogens is 426 g/mol. The Hall–Kier alpha value is -3.74. The minimum absolute atomic E-state index is 0.0531. The molecule has 0 aliphatic rings. The summed E-state index contributed by atoms with van der Waals surface area (Å²) in [5.41, 5.74) is -2.92. The van der Waals surface area contributed by atoms with Crippen molar-refractivity contribution in [3.63, 3.8) is 0 Å². The fourth-order valence-electron chi connectivity index (χ4n) is 3.13. The molecule has 1 N–H and O–H groups in total. The maximum atomic E-state index is 13.1. The number of carboxylic acids is 1. The Balaban J connectivity index is 2.15. The number of aromatic nitrogens is 1. The van der Waals surface area contributed by atoms with Crippen LogP contribution in [-0.2, 0) is 23.7 Å². The number of aliphatic carboxylic acids is 1. The highest BCUT2D eigenvalue weighted by molar-refractivity contribution is 6.00. The van der Waals surface area contributed by atoms with Gasteiger partial charge >= 0.3 is 18.3 Å². The monoisotopic (exact) mass is 438 g/mol. The second-order valence-corrected chi connectivity index (χ2v) is 6.62. The summed E-state index contributed by atoms with van der Waals surface area (Å²) in [4.78, 5) is 11.1. The second-order valence-electron chi connectivity index (χ2n) is 6.62. The molecule has 3 aromatic rings. The van der Waals surface area contributed by atoms with E-state index in [1.54, 1.807) is 24.3 Å². The SMILES string of the molecule is N#CC(=Cc1cn(Cc2cc(C(F)(F)F)cc(C(F)(F)F)c2)c2ccccc12)C(=O)O. The summed E-state index contributed by atoms with van der Waals surface area (Å²) < 4.78 is 80.1. The number of nitriles is 1. The molecule has 0 fully saturated rings. The van der Waals surface area contributed by atoms with Gasteiger partial charge in [0.1, 0.15) is 11.6 Å². The van der Waals surface area contributed by atoms with E-state index in [0.29, 0.717) is 23.0 Å². The van der Waals surface area contributed by atoms with Crippen LogP contribution in [0.5, 0.6) is 0 Å². The molecule has 10 heteroatoms. The van der Waals surface area contributed by atoms with Crippen molar-refractivity contribution in [2.45, 2.75) is 18.9 Å². The van der Waals surface area contributed by atoms with Crippen LogP contribution in [0.15, 0.2) is 54.2 Å². The van der Waals surface area contributed by atoms with Crippen LogP contribution in [0.3, 0.4) is 0 Å². The van der Waals surface area contributed by atoms with Crippen LogP contribution in [0.1, 0.15) is 22.3 Å². The number of hydrogen-bond acceptors (Lipinski definition) is 2. The minimum Gasteiger partial charge on any atom is -0.477 e. The van der Waals surface area contributed by atoms with Crippen LogP contribution < -0.4 is 0 Å². The van der Waals surface area contributed by atoms with Gasteiger partial charge in [0.2, 0.25) is 0 Å². The van der Waals surface area contributed by atoms with Crippen LogP contribution in [0.2, 0.25) is 0 Å². The van der Waals surface area contributed by atoms with Crippen LogP contribution in [0.25, 0.3) is 17.0 Å². The van der Waals surface area contributed by atoms with Crippen molar-refractivity contribution < 1.29 is 36.2 Å². The normalized spacial score (nSPS) is 12.7. The Morgan fingerprint density at radius 3 is 2.13 bits per heavy atom. The lowest BCUT2D eigenvalue weighted by Gasteiger charge is -2.15. The molecule has 160 valence electrons. The van der Waals surface area contributed by atoms with Gasteiger partial charge in [-0.15, -0.1) is 0 Å². The Morgan fingerprint density at radius 2 is 1.61 bits per heavy atom. The summed E-state index contributed by atoms with van der Waals surface area (Å²) in [5.74, 6) is -1.47. The molecule has 0 saturated heterocycles. The standard InChI is InChI=1S/C21H12F6N2O2/c22-20(23,24)15-5-12(6-16(8-15)21(25,26)27)10-29-11-14(7-13(9-28)19(30)31)17-3-1-2-4-18(17)29/h1-8,11H,10H2,(H,30,31). The van der Waals surface area contributed by atoms with Gasteiger partial charge in [-0.1, -0.05) is 18.2 Å². The van der Waals surface area contributed by atoms with Gasteiger partial charge < -0.3 is 9.67 Å². The lowest BCUT2D eigenvalue weighted by atomic mass is 10.0. The molecule has 3 rings (SSSR count). The summed E-state index contributed by atoms with van der Waals surface area (Å²) >= 11 is 0. The van der Waals surface area contributed by atoms with E-state index >= 15 is 0 Å². The molecule has 1 aromatic heterocycles. The zero-order chi connectivity index (χ0) is 23.0.